The van der Waals surface area contributed by atoms with Crippen LogP contribution < -0.4 is 14.8 Å². The molecule has 8 heteroatoms. The second kappa shape index (κ2) is 10.0. The molecule has 34 heavy (non-hydrogen) atoms. The zero-order valence-corrected chi connectivity index (χ0v) is 20.2. The summed E-state index contributed by atoms with van der Waals surface area (Å²) >= 11 is -1.62. The number of hydrogen-bond acceptors (Lipinski definition) is 6. The van der Waals surface area contributed by atoms with E-state index < -0.39 is 17.3 Å². The Balaban J connectivity index is 1.57. The number of carbonyl (C=O) groups excluding carboxylic acids is 1. The van der Waals surface area contributed by atoms with Crippen LogP contribution in [0.1, 0.15) is 27.4 Å². The maximum absolute atomic E-state index is 13.2. The molecule has 3 aromatic carbocycles. The van der Waals surface area contributed by atoms with Crippen LogP contribution in [0.5, 0.6) is 5.75 Å². The van der Waals surface area contributed by atoms with Crippen LogP contribution in [0, 0.1) is 20.8 Å². The van der Waals surface area contributed by atoms with Gasteiger partial charge in [-0.1, -0.05) is 36.4 Å². The quantitative estimate of drug-likeness (QED) is 0.335. The average molecular weight is 476 g/mol. The third kappa shape index (κ3) is 4.93. The highest BCUT2D eigenvalue weighted by Crippen LogP contribution is 2.31. The standard InChI is InChI=1S/C26H25N3O4S/c1-16-9-8-10-17(2)23(16)29-34(31)22-15-20(13-14-21(22)32-4)27-25(30)24-18(3)33-26(28-24)19-11-6-5-7-12-19/h5-15,29H,1-4H3,(H,27,30). The van der Waals surface area contributed by atoms with Gasteiger partial charge in [0.1, 0.15) is 17.1 Å². The summed E-state index contributed by atoms with van der Waals surface area (Å²) in [6.45, 7) is 5.59. The minimum Gasteiger partial charge on any atom is -0.588 e. The van der Waals surface area contributed by atoms with Crippen molar-refractivity contribution in [2.24, 2.45) is 0 Å². The monoisotopic (exact) mass is 475 g/mol. The minimum absolute atomic E-state index is 0.186. The molecule has 4 aromatic rings. The van der Waals surface area contributed by atoms with Gasteiger partial charge in [0, 0.05) is 17.3 Å². The average Bonchev–Trinajstić information content (AvgIpc) is 3.23. The Morgan fingerprint density at radius 1 is 1.00 bits per heavy atom. The largest absolute Gasteiger partial charge is 0.588 e. The van der Waals surface area contributed by atoms with Crippen molar-refractivity contribution < 1.29 is 18.5 Å². The minimum atomic E-state index is -1.62. The van der Waals surface area contributed by atoms with Gasteiger partial charge in [0.05, 0.1) is 12.8 Å². The molecule has 1 amide bonds. The Bertz CT molecular complexity index is 1300. The Kier molecular flexibility index (Phi) is 6.90. The normalized spacial score (nSPS) is 11.7. The number of benzene rings is 3. The molecule has 2 N–H and O–H groups in total. The molecule has 0 aliphatic rings. The molecule has 0 fully saturated rings. The molecule has 0 radical (unpaired) electrons. The van der Waals surface area contributed by atoms with E-state index >= 15 is 0 Å². The molecule has 1 unspecified atom stereocenters. The summed E-state index contributed by atoms with van der Waals surface area (Å²) in [6, 6.07) is 20.2. The Labute approximate surface area is 201 Å². The van der Waals surface area contributed by atoms with Gasteiger partial charge in [-0.3, -0.25) is 4.79 Å². The van der Waals surface area contributed by atoms with E-state index in [9.17, 15) is 9.35 Å². The summed E-state index contributed by atoms with van der Waals surface area (Å²) < 4.78 is 27.4. The van der Waals surface area contributed by atoms with Gasteiger partial charge in [-0.15, -0.1) is 0 Å². The number of oxazole rings is 1. The fraction of sp³-hybridized carbons (Fsp3) is 0.154. The van der Waals surface area contributed by atoms with Gasteiger partial charge in [0.25, 0.3) is 5.91 Å². The third-order valence-electron chi connectivity index (χ3n) is 5.33. The van der Waals surface area contributed by atoms with Gasteiger partial charge >= 0.3 is 0 Å². The van der Waals surface area contributed by atoms with Crippen LogP contribution in [-0.2, 0) is 11.4 Å². The number of para-hydroxylation sites is 1. The highest BCUT2D eigenvalue weighted by atomic mass is 32.2. The molecular formula is C26H25N3O4S. The molecule has 0 aliphatic heterocycles. The molecular weight excluding hydrogens is 450 g/mol. The van der Waals surface area contributed by atoms with E-state index in [0.29, 0.717) is 28.0 Å². The number of amides is 1. The smallest absolute Gasteiger partial charge is 0.277 e. The van der Waals surface area contributed by atoms with Crippen LogP contribution in [0.4, 0.5) is 11.4 Å². The van der Waals surface area contributed by atoms with E-state index in [0.717, 1.165) is 22.4 Å². The van der Waals surface area contributed by atoms with Gasteiger partial charge in [-0.25, -0.2) is 9.71 Å². The molecule has 1 atom stereocenters. The van der Waals surface area contributed by atoms with Crippen molar-refractivity contribution >= 4 is 28.6 Å². The maximum Gasteiger partial charge on any atom is 0.277 e. The third-order valence-corrected chi connectivity index (χ3v) is 6.44. The zero-order valence-electron chi connectivity index (χ0n) is 19.3. The first-order chi connectivity index (χ1) is 16.4. The molecule has 0 saturated heterocycles. The van der Waals surface area contributed by atoms with Gasteiger partial charge in [0.2, 0.25) is 10.8 Å². The highest BCUT2D eigenvalue weighted by molar-refractivity contribution is 7.92. The van der Waals surface area contributed by atoms with Gasteiger partial charge < -0.3 is 19.0 Å². The predicted molar refractivity (Wildman–Crippen MR) is 134 cm³/mol. The first-order valence-corrected chi connectivity index (χ1v) is 11.8. The zero-order chi connectivity index (χ0) is 24.2. The molecule has 7 nitrogen and oxygen atoms in total. The summed E-state index contributed by atoms with van der Waals surface area (Å²) in [5, 5.41) is 2.82. The number of methoxy groups -OCH3 is 1. The number of carbonyl (C=O) groups is 1. The lowest BCUT2D eigenvalue weighted by Gasteiger charge is -2.17. The summed E-state index contributed by atoms with van der Waals surface area (Å²) in [4.78, 5) is 17.7. The van der Waals surface area contributed by atoms with E-state index in [-0.39, 0.29) is 5.69 Å². The number of aryl methyl sites for hydroxylation is 3. The topological polar surface area (TPSA) is 99.5 Å². The number of ether oxygens (including phenoxy) is 1. The van der Waals surface area contributed by atoms with Crippen LogP contribution in [0.15, 0.2) is 76.0 Å². The van der Waals surface area contributed by atoms with Crippen molar-refractivity contribution in [3.05, 3.63) is 89.3 Å². The van der Waals surface area contributed by atoms with Crippen molar-refractivity contribution in [3.63, 3.8) is 0 Å². The molecule has 1 heterocycles. The lowest BCUT2D eigenvalue weighted by atomic mass is 10.1. The Morgan fingerprint density at radius 3 is 2.38 bits per heavy atom. The lowest BCUT2D eigenvalue weighted by molar-refractivity contribution is 0.102. The van der Waals surface area contributed by atoms with Crippen LogP contribution in [-0.4, -0.2) is 22.6 Å². The molecule has 0 saturated carbocycles. The molecule has 0 bridgehead atoms. The number of aromatic nitrogens is 1. The first-order valence-electron chi connectivity index (χ1n) is 10.6. The molecule has 0 aliphatic carbocycles. The SMILES string of the molecule is COc1ccc(NC(=O)c2nc(-c3ccccc3)oc2C)cc1[S+]([O-])Nc1c(C)cccc1C. The molecule has 1 aromatic heterocycles. The fourth-order valence-corrected chi connectivity index (χ4v) is 4.71. The predicted octanol–water partition coefficient (Wildman–Crippen LogP) is 5.66. The molecule has 4 rings (SSSR count). The van der Waals surface area contributed by atoms with E-state index in [4.69, 9.17) is 9.15 Å². The Hall–Kier alpha value is -3.75. The number of rotatable bonds is 7. The second-order valence-electron chi connectivity index (χ2n) is 7.75. The van der Waals surface area contributed by atoms with Crippen molar-refractivity contribution in [1.82, 2.24) is 4.98 Å². The maximum atomic E-state index is 13.2. The van der Waals surface area contributed by atoms with E-state index in [1.165, 1.54) is 7.11 Å². The number of nitrogens with one attached hydrogen (secondary N) is 2. The summed E-state index contributed by atoms with van der Waals surface area (Å²) in [5.41, 5.74) is 4.18. The van der Waals surface area contributed by atoms with E-state index in [2.05, 4.69) is 15.0 Å². The summed E-state index contributed by atoms with van der Waals surface area (Å²) in [6.07, 6.45) is 0. The molecule has 0 spiro atoms. The van der Waals surface area contributed by atoms with E-state index in [1.54, 1.807) is 25.1 Å². The van der Waals surface area contributed by atoms with Crippen molar-refractivity contribution in [2.75, 3.05) is 17.1 Å². The van der Waals surface area contributed by atoms with Gasteiger partial charge in [0.15, 0.2) is 11.4 Å². The van der Waals surface area contributed by atoms with Crippen LogP contribution in [0.25, 0.3) is 11.5 Å². The van der Waals surface area contributed by atoms with Crippen molar-refractivity contribution in [2.45, 2.75) is 25.7 Å². The number of anilines is 2. The lowest BCUT2D eigenvalue weighted by Crippen LogP contribution is -2.17. The summed E-state index contributed by atoms with van der Waals surface area (Å²) in [5.74, 6) is 0.801. The van der Waals surface area contributed by atoms with Crippen molar-refractivity contribution in [3.8, 4) is 17.2 Å². The van der Waals surface area contributed by atoms with E-state index in [1.807, 2.05) is 62.4 Å². The summed E-state index contributed by atoms with van der Waals surface area (Å²) in [7, 11) is 1.51. The van der Waals surface area contributed by atoms with Crippen LogP contribution >= 0.6 is 0 Å². The van der Waals surface area contributed by atoms with Gasteiger partial charge in [-0.05, 0) is 56.2 Å². The van der Waals surface area contributed by atoms with Crippen LogP contribution in [0.3, 0.4) is 0 Å². The second-order valence-corrected chi connectivity index (χ2v) is 8.93. The number of hydrogen-bond donors (Lipinski definition) is 2. The first kappa shape index (κ1) is 23.4. The van der Waals surface area contributed by atoms with Crippen molar-refractivity contribution in [1.29, 1.82) is 0 Å². The highest BCUT2D eigenvalue weighted by Gasteiger charge is 2.23. The van der Waals surface area contributed by atoms with Crippen LogP contribution in [0.2, 0.25) is 0 Å². The van der Waals surface area contributed by atoms with Gasteiger partial charge in [-0.2, -0.15) is 0 Å². The number of nitrogens with zero attached hydrogens (tertiary/aromatic N) is 1. The Morgan fingerprint density at radius 2 is 1.71 bits per heavy atom. The fourth-order valence-electron chi connectivity index (χ4n) is 3.52. The molecule has 174 valence electrons.